The van der Waals surface area contributed by atoms with Crippen LogP contribution in [0.5, 0.6) is 11.5 Å². The normalized spacial score (nSPS) is 17.2. The summed E-state index contributed by atoms with van der Waals surface area (Å²) in [4.78, 5) is 0. The van der Waals surface area contributed by atoms with Crippen molar-refractivity contribution >= 4 is 15.9 Å². The molecule has 1 aliphatic heterocycles. The third-order valence-electron chi connectivity index (χ3n) is 3.91. The third kappa shape index (κ3) is 2.78. The van der Waals surface area contributed by atoms with Gasteiger partial charge in [-0.2, -0.15) is 0 Å². The molecule has 0 spiro atoms. The van der Waals surface area contributed by atoms with E-state index in [9.17, 15) is 0 Å². The summed E-state index contributed by atoms with van der Waals surface area (Å²) in [7, 11) is 3.42. The predicted octanol–water partition coefficient (Wildman–Crippen LogP) is 3.70. The van der Waals surface area contributed by atoms with Crippen LogP contribution in [0.1, 0.15) is 22.7 Å². The molecule has 0 radical (unpaired) electrons. The number of halogens is 1. The predicted molar refractivity (Wildman–Crippen MR) is 87.2 cm³/mol. The molecule has 0 aliphatic carbocycles. The van der Waals surface area contributed by atoms with E-state index < -0.39 is 0 Å². The fourth-order valence-corrected chi connectivity index (χ4v) is 3.26. The van der Waals surface area contributed by atoms with Crippen LogP contribution in [0, 0.1) is 0 Å². The van der Waals surface area contributed by atoms with Crippen molar-refractivity contribution < 1.29 is 9.47 Å². The maximum Gasteiger partial charge on any atom is 0.124 e. The van der Waals surface area contributed by atoms with E-state index in [1.54, 1.807) is 14.2 Å². The fourth-order valence-electron chi connectivity index (χ4n) is 2.88. The van der Waals surface area contributed by atoms with E-state index in [-0.39, 0.29) is 6.04 Å². The zero-order chi connectivity index (χ0) is 14.8. The monoisotopic (exact) mass is 347 g/mol. The van der Waals surface area contributed by atoms with E-state index in [1.165, 1.54) is 11.1 Å². The second kappa shape index (κ2) is 6.08. The Kier molecular flexibility index (Phi) is 4.17. The average Bonchev–Trinajstić information content (AvgIpc) is 2.53. The number of fused-ring (bicyclic) bond motifs is 1. The van der Waals surface area contributed by atoms with Gasteiger partial charge in [-0.25, -0.2) is 0 Å². The molecule has 0 aromatic heterocycles. The topological polar surface area (TPSA) is 30.5 Å². The molecular weight excluding hydrogens is 330 g/mol. The number of ether oxygens (including phenoxy) is 2. The van der Waals surface area contributed by atoms with Crippen LogP contribution in [-0.4, -0.2) is 20.8 Å². The molecule has 110 valence electrons. The van der Waals surface area contributed by atoms with Gasteiger partial charge in [-0.3, -0.25) is 0 Å². The molecule has 3 rings (SSSR count). The molecule has 0 fully saturated rings. The minimum absolute atomic E-state index is 0.145. The van der Waals surface area contributed by atoms with Crippen LogP contribution in [0.3, 0.4) is 0 Å². The highest BCUT2D eigenvalue weighted by atomic mass is 79.9. The van der Waals surface area contributed by atoms with Crippen LogP contribution >= 0.6 is 15.9 Å². The second-order valence-corrected chi connectivity index (χ2v) is 6.00. The van der Waals surface area contributed by atoms with Crippen molar-refractivity contribution in [2.45, 2.75) is 12.5 Å². The van der Waals surface area contributed by atoms with Gasteiger partial charge in [0.2, 0.25) is 0 Å². The Hall–Kier alpha value is -1.52. The van der Waals surface area contributed by atoms with E-state index in [0.29, 0.717) is 0 Å². The molecule has 1 N–H and O–H groups in total. The Balaban J connectivity index is 2.08. The first kappa shape index (κ1) is 14.4. The first-order valence-electron chi connectivity index (χ1n) is 6.96. The van der Waals surface area contributed by atoms with E-state index >= 15 is 0 Å². The lowest BCUT2D eigenvalue weighted by atomic mass is 9.89. The molecule has 21 heavy (non-hydrogen) atoms. The molecule has 1 heterocycles. The van der Waals surface area contributed by atoms with Crippen LogP contribution in [0.15, 0.2) is 40.9 Å². The summed E-state index contributed by atoms with van der Waals surface area (Å²) in [5.41, 5.74) is 3.77. The maximum absolute atomic E-state index is 5.53. The van der Waals surface area contributed by atoms with Gasteiger partial charge < -0.3 is 14.8 Å². The number of hydrogen-bond donors (Lipinski definition) is 1. The zero-order valence-corrected chi connectivity index (χ0v) is 13.7. The number of methoxy groups -OCH3 is 2. The Bertz CT molecular complexity index is 657. The lowest BCUT2D eigenvalue weighted by Crippen LogP contribution is -2.30. The number of benzene rings is 2. The van der Waals surface area contributed by atoms with Gasteiger partial charge in [0.1, 0.15) is 11.5 Å². The van der Waals surface area contributed by atoms with Crippen LogP contribution in [-0.2, 0) is 6.42 Å². The highest BCUT2D eigenvalue weighted by Crippen LogP contribution is 2.36. The van der Waals surface area contributed by atoms with E-state index in [2.05, 4.69) is 39.4 Å². The minimum Gasteiger partial charge on any atom is -0.497 e. The van der Waals surface area contributed by atoms with Gasteiger partial charge in [0.05, 0.1) is 20.3 Å². The van der Waals surface area contributed by atoms with Crippen LogP contribution < -0.4 is 14.8 Å². The maximum atomic E-state index is 5.53. The summed E-state index contributed by atoms with van der Waals surface area (Å²) in [6.45, 7) is 0.945. The van der Waals surface area contributed by atoms with E-state index in [1.807, 2.05) is 18.2 Å². The van der Waals surface area contributed by atoms with Crippen LogP contribution in [0.2, 0.25) is 0 Å². The van der Waals surface area contributed by atoms with Crippen molar-refractivity contribution in [3.63, 3.8) is 0 Å². The summed E-state index contributed by atoms with van der Waals surface area (Å²) in [5, 5.41) is 3.59. The third-order valence-corrected chi connectivity index (χ3v) is 4.40. The molecular formula is C17H18BrNO2. The van der Waals surface area contributed by atoms with Crippen molar-refractivity contribution in [2.75, 3.05) is 20.8 Å². The highest BCUT2D eigenvalue weighted by molar-refractivity contribution is 9.10. The first-order valence-corrected chi connectivity index (χ1v) is 7.76. The van der Waals surface area contributed by atoms with Gasteiger partial charge in [0, 0.05) is 16.6 Å². The van der Waals surface area contributed by atoms with Gasteiger partial charge in [-0.15, -0.1) is 0 Å². The molecule has 1 atom stereocenters. The van der Waals surface area contributed by atoms with Crippen molar-refractivity contribution in [3.8, 4) is 11.5 Å². The molecule has 4 heteroatoms. The molecule has 3 nitrogen and oxygen atoms in total. The minimum atomic E-state index is 0.145. The molecule has 0 saturated carbocycles. The van der Waals surface area contributed by atoms with Crippen molar-refractivity contribution in [3.05, 3.63) is 57.6 Å². The fraction of sp³-hybridized carbons (Fsp3) is 0.294. The smallest absolute Gasteiger partial charge is 0.124 e. The van der Waals surface area contributed by atoms with Gasteiger partial charge in [0.15, 0.2) is 0 Å². The number of nitrogens with one attached hydrogen (secondary N) is 1. The summed E-state index contributed by atoms with van der Waals surface area (Å²) in [6.07, 6.45) is 1.01. The lowest BCUT2D eigenvalue weighted by Gasteiger charge is -2.29. The lowest BCUT2D eigenvalue weighted by molar-refractivity contribution is 0.401. The first-order chi connectivity index (χ1) is 10.2. The molecule has 2 aromatic carbocycles. The zero-order valence-electron chi connectivity index (χ0n) is 12.2. The molecule has 0 bridgehead atoms. The summed E-state index contributed by atoms with van der Waals surface area (Å²) in [6, 6.07) is 12.6. The Labute approximate surface area is 133 Å². The van der Waals surface area contributed by atoms with Crippen LogP contribution in [0.25, 0.3) is 0 Å². The SMILES string of the molecule is COc1ccc2c(c1)CCNC2c1cc(Br)ccc1OC. The van der Waals surface area contributed by atoms with Gasteiger partial charge in [0.25, 0.3) is 0 Å². The Morgan fingerprint density at radius 3 is 2.67 bits per heavy atom. The highest BCUT2D eigenvalue weighted by Gasteiger charge is 2.24. The number of hydrogen-bond acceptors (Lipinski definition) is 3. The average molecular weight is 348 g/mol. The van der Waals surface area contributed by atoms with Crippen LogP contribution in [0.4, 0.5) is 0 Å². The summed E-state index contributed by atoms with van der Waals surface area (Å²) < 4.78 is 11.9. The van der Waals surface area contributed by atoms with Gasteiger partial charge in [-0.1, -0.05) is 22.0 Å². The summed E-state index contributed by atoms with van der Waals surface area (Å²) >= 11 is 3.55. The van der Waals surface area contributed by atoms with Gasteiger partial charge >= 0.3 is 0 Å². The van der Waals surface area contributed by atoms with Crippen molar-refractivity contribution in [2.24, 2.45) is 0 Å². The molecule has 1 aliphatic rings. The van der Waals surface area contributed by atoms with E-state index in [0.717, 1.165) is 34.5 Å². The Morgan fingerprint density at radius 2 is 1.90 bits per heavy atom. The standard InChI is InChI=1S/C17H18BrNO2/c1-20-13-4-5-14-11(9-13)7-8-19-17(14)15-10-12(18)3-6-16(15)21-2/h3-6,9-10,17,19H,7-8H2,1-2H3. The number of rotatable bonds is 3. The molecule has 1 unspecified atom stereocenters. The van der Waals surface area contributed by atoms with Crippen molar-refractivity contribution in [1.82, 2.24) is 5.32 Å². The second-order valence-electron chi connectivity index (χ2n) is 5.09. The Morgan fingerprint density at radius 1 is 1.05 bits per heavy atom. The van der Waals surface area contributed by atoms with Crippen molar-refractivity contribution in [1.29, 1.82) is 0 Å². The molecule has 2 aromatic rings. The molecule has 0 saturated heterocycles. The van der Waals surface area contributed by atoms with Gasteiger partial charge in [-0.05, 0) is 47.9 Å². The molecule has 0 amide bonds. The quantitative estimate of drug-likeness (QED) is 0.918. The summed E-state index contributed by atoms with van der Waals surface area (Å²) in [5.74, 6) is 1.81. The largest absolute Gasteiger partial charge is 0.497 e. The van der Waals surface area contributed by atoms with E-state index in [4.69, 9.17) is 9.47 Å².